The van der Waals surface area contributed by atoms with Gasteiger partial charge in [0.25, 0.3) is 0 Å². The van der Waals surface area contributed by atoms with E-state index in [0.29, 0.717) is 17.5 Å². The molecular formula is C21H30N2O2S. The zero-order valence-corrected chi connectivity index (χ0v) is 16.5. The standard InChI is InChI=1S/C21H30N2O2S/c1-23(17-10-3-2-4-11-17)21(25)15-26-14-20(24)22-19-13-7-9-16-8-5-6-12-18(16)19/h5-6,8,12,17,19H,2-4,7,9-11,13-15H2,1H3,(H,22,24)/t19-/m0/s1. The maximum absolute atomic E-state index is 12.4. The predicted octanol–water partition coefficient (Wildman–Crippen LogP) is 3.70. The van der Waals surface area contributed by atoms with Gasteiger partial charge in [-0.2, -0.15) is 0 Å². The topological polar surface area (TPSA) is 49.4 Å². The van der Waals surface area contributed by atoms with Crippen molar-refractivity contribution in [2.24, 2.45) is 0 Å². The van der Waals surface area contributed by atoms with Crippen molar-refractivity contribution >= 4 is 23.6 Å². The van der Waals surface area contributed by atoms with Crippen molar-refractivity contribution in [2.75, 3.05) is 18.6 Å². The Morgan fingerprint density at radius 3 is 2.65 bits per heavy atom. The summed E-state index contributed by atoms with van der Waals surface area (Å²) in [5, 5.41) is 3.16. The predicted molar refractivity (Wildman–Crippen MR) is 107 cm³/mol. The van der Waals surface area contributed by atoms with E-state index in [-0.39, 0.29) is 17.9 Å². The van der Waals surface area contributed by atoms with Crippen LogP contribution in [0.3, 0.4) is 0 Å². The smallest absolute Gasteiger partial charge is 0.232 e. The van der Waals surface area contributed by atoms with Crippen LogP contribution in [-0.4, -0.2) is 41.3 Å². The Bertz CT molecular complexity index is 628. The van der Waals surface area contributed by atoms with Crippen LogP contribution < -0.4 is 5.32 Å². The fraction of sp³-hybridized carbons (Fsp3) is 0.619. The van der Waals surface area contributed by atoms with Gasteiger partial charge in [0.2, 0.25) is 11.8 Å². The third-order valence-electron chi connectivity index (χ3n) is 5.68. The average Bonchev–Trinajstić information content (AvgIpc) is 2.68. The number of hydrogen-bond donors (Lipinski definition) is 1. The number of thioether (sulfide) groups is 1. The molecule has 1 aromatic carbocycles. The number of nitrogens with zero attached hydrogens (tertiary/aromatic N) is 1. The third-order valence-corrected chi connectivity index (χ3v) is 6.60. The average molecular weight is 375 g/mol. The van der Waals surface area contributed by atoms with E-state index in [2.05, 4.69) is 23.5 Å². The number of nitrogens with one attached hydrogen (secondary N) is 1. The summed E-state index contributed by atoms with van der Waals surface area (Å²) in [6.45, 7) is 0. The van der Waals surface area contributed by atoms with Gasteiger partial charge < -0.3 is 10.2 Å². The van der Waals surface area contributed by atoms with Crippen LogP contribution in [0.2, 0.25) is 0 Å². The van der Waals surface area contributed by atoms with Crippen molar-refractivity contribution in [3.63, 3.8) is 0 Å². The number of aryl methyl sites for hydroxylation is 1. The fourth-order valence-electron chi connectivity index (χ4n) is 4.14. The third kappa shape index (κ3) is 5.03. The van der Waals surface area contributed by atoms with Crippen LogP contribution in [-0.2, 0) is 16.0 Å². The molecule has 0 bridgehead atoms. The Morgan fingerprint density at radius 1 is 1.08 bits per heavy atom. The molecule has 2 amide bonds. The van der Waals surface area contributed by atoms with Gasteiger partial charge in [0.1, 0.15) is 0 Å². The van der Waals surface area contributed by atoms with Crippen molar-refractivity contribution in [1.29, 1.82) is 0 Å². The van der Waals surface area contributed by atoms with E-state index in [9.17, 15) is 9.59 Å². The van der Waals surface area contributed by atoms with Crippen LogP contribution in [0.25, 0.3) is 0 Å². The Hall–Kier alpha value is -1.49. The van der Waals surface area contributed by atoms with E-state index in [0.717, 1.165) is 32.1 Å². The minimum atomic E-state index is 0.0322. The SMILES string of the molecule is CN(C(=O)CSCC(=O)N[C@H]1CCCc2ccccc21)C1CCCCC1. The molecule has 0 unspecified atom stereocenters. The summed E-state index contributed by atoms with van der Waals surface area (Å²) in [5.74, 6) is 0.924. The second-order valence-electron chi connectivity index (χ2n) is 7.50. The molecule has 1 aromatic rings. The molecule has 142 valence electrons. The Labute approximate surface area is 161 Å². The highest BCUT2D eigenvalue weighted by Crippen LogP contribution is 2.29. The maximum atomic E-state index is 12.4. The molecular weight excluding hydrogens is 344 g/mol. The zero-order valence-electron chi connectivity index (χ0n) is 15.7. The first-order chi connectivity index (χ1) is 12.6. The normalized spacial score (nSPS) is 20.3. The second kappa shape index (κ2) is 9.45. The van der Waals surface area contributed by atoms with Crippen LogP contribution in [0.4, 0.5) is 0 Å². The van der Waals surface area contributed by atoms with Crippen molar-refractivity contribution in [1.82, 2.24) is 10.2 Å². The highest BCUT2D eigenvalue weighted by Gasteiger charge is 2.23. The van der Waals surface area contributed by atoms with Gasteiger partial charge in [-0.1, -0.05) is 43.5 Å². The van der Waals surface area contributed by atoms with Crippen LogP contribution in [0.15, 0.2) is 24.3 Å². The first-order valence-corrected chi connectivity index (χ1v) is 11.0. The molecule has 2 aliphatic rings. The minimum absolute atomic E-state index is 0.0322. The van der Waals surface area contributed by atoms with Gasteiger partial charge in [0, 0.05) is 13.1 Å². The van der Waals surface area contributed by atoms with Gasteiger partial charge in [-0.05, 0) is 43.2 Å². The molecule has 0 aliphatic heterocycles. The lowest BCUT2D eigenvalue weighted by atomic mass is 9.88. The fourth-order valence-corrected chi connectivity index (χ4v) is 4.89. The summed E-state index contributed by atoms with van der Waals surface area (Å²) in [6, 6.07) is 8.89. The Morgan fingerprint density at radius 2 is 1.85 bits per heavy atom. The molecule has 1 fully saturated rings. The number of rotatable bonds is 6. The van der Waals surface area contributed by atoms with Crippen LogP contribution >= 0.6 is 11.8 Å². The number of amides is 2. The number of carbonyl (C=O) groups excluding carboxylic acids is 2. The second-order valence-corrected chi connectivity index (χ2v) is 8.49. The molecule has 0 radical (unpaired) electrons. The minimum Gasteiger partial charge on any atom is -0.349 e. The lowest BCUT2D eigenvalue weighted by Crippen LogP contribution is -2.39. The lowest BCUT2D eigenvalue weighted by Gasteiger charge is -2.31. The molecule has 4 nitrogen and oxygen atoms in total. The van der Waals surface area contributed by atoms with Gasteiger partial charge in [0.05, 0.1) is 17.5 Å². The van der Waals surface area contributed by atoms with Crippen molar-refractivity contribution < 1.29 is 9.59 Å². The summed E-state index contributed by atoms with van der Waals surface area (Å²) in [6.07, 6.45) is 9.18. The van der Waals surface area contributed by atoms with Gasteiger partial charge in [-0.25, -0.2) is 0 Å². The van der Waals surface area contributed by atoms with Crippen molar-refractivity contribution in [3.8, 4) is 0 Å². The van der Waals surface area contributed by atoms with Crippen LogP contribution in [0.1, 0.15) is 62.1 Å². The van der Waals surface area contributed by atoms with E-state index in [1.54, 1.807) is 0 Å². The highest BCUT2D eigenvalue weighted by atomic mass is 32.2. The number of hydrogen-bond acceptors (Lipinski definition) is 3. The Kier molecular flexibility index (Phi) is 7.00. The van der Waals surface area contributed by atoms with E-state index in [1.807, 2.05) is 18.0 Å². The van der Waals surface area contributed by atoms with Gasteiger partial charge in [-0.3, -0.25) is 9.59 Å². The number of carbonyl (C=O) groups is 2. The molecule has 0 spiro atoms. The number of fused-ring (bicyclic) bond motifs is 1. The first-order valence-electron chi connectivity index (χ1n) is 9.85. The maximum Gasteiger partial charge on any atom is 0.232 e. The van der Waals surface area contributed by atoms with Crippen LogP contribution in [0, 0.1) is 0 Å². The number of benzene rings is 1. The van der Waals surface area contributed by atoms with Crippen molar-refractivity contribution in [2.45, 2.75) is 63.5 Å². The molecule has 2 aliphatic carbocycles. The summed E-state index contributed by atoms with van der Waals surface area (Å²) in [7, 11) is 1.91. The molecule has 1 atom stereocenters. The van der Waals surface area contributed by atoms with Gasteiger partial charge >= 0.3 is 0 Å². The molecule has 1 N–H and O–H groups in total. The van der Waals surface area contributed by atoms with Crippen molar-refractivity contribution in [3.05, 3.63) is 35.4 Å². The molecule has 0 heterocycles. The molecule has 0 aromatic heterocycles. The molecule has 3 rings (SSSR count). The molecule has 1 saturated carbocycles. The van der Waals surface area contributed by atoms with E-state index >= 15 is 0 Å². The Balaban J connectivity index is 1.41. The highest BCUT2D eigenvalue weighted by molar-refractivity contribution is 8.00. The molecule has 26 heavy (non-hydrogen) atoms. The molecule has 5 heteroatoms. The van der Waals surface area contributed by atoms with Crippen LogP contribution in [0.5, 0.6) is 0 Å². The first kappa shape index (κ1) is 19.3. The van der Waals surface area contributed by atoms with E-state index in [4.69, 9.17) is 0 Å². The summed E-state index contributed by atoms with van der Waals surface area (Å²) < 4.78 is 0. The molecule has 0 saturated heterocycles. The van der Waals surface area contributed by atoms with E-state index < -0.39 is 0 Å². The van der Waals surface area contributed by atoms with Gasteiger partial charge in [0.15, 0.2) is 0 Å². The summed E-state index contributed by atoms with van der Waals surface area (Å²) >= 11 is 1.43. The van der Waals surface area contributed by atoms with E-state index in [1.165, 1.54) is 42.2 Å². The largest absolute Gasteiger partial charge is 0.349 e. The lowest BCUT2D eigenvalue weighted by molar-refractivity contribution is -0.129. The quantitative estimate of drug-likeness (QED) is 0.826. The monoisotopic (exact) mass is 374 g/mol. The summed E-state index contributed by atoms with van der Waals surface area (Å²) in [5.41, 5.74) is 2.60. The van der Waals surface area contributed by atoms with Gasteiger partial charge in [-0.15, -0.1) is 11.8 Å². The summed E-state index contributed by atoms with van der Waals surface area (Å²) in [4.78, 5) is 26.6. The zero-order chi connectivity index (χ0) is 18.4.